The van der Waals surface area contributed by atoms with Crippen LogP contribution in [-0.2, 0) is 16.0 Å². The van der Waals surface area contributed by atoms with Crippen LogP contribution in [0.15, 0.2) is 60.8 Å². The molecule has 166 valence electrons. The van der Waals surface area contributed by atoms with E-state index in [1.165, 1.54) is 13.3 Å². The lowest BCUT2D eigenvalue weighted by Gasteiger charge is -2.13. The molecule has 0 aliphatic carbocycles. The van der Waals surface area contributed by atoms with Crippen molar-refractivity contribution in [1.82, 2.24) is 9.97 Å². The van der Waals surface area contributed by atoms with E-state index in [9.17, 15) is 9.59 Å². The van der Waals surface area contributed by atoms with E-state index < -0.39 is 12.0 Å². The van der Waals surface area contributed by atoms with E-state index in [-0.39, 0.29) is 17.4 Å². The minimum absolute atomic E-state index is 0.207. The lowest BCUT2D eigenvalue weighted by molar-refractivity contribution is -0.124. The first kappa shape index (κ1) is 22.7. The van der Waals surface area contributed by atoms with Crippen molar-refractivity contribution in [1.29, 1.82) is 0 Å². The molecule has 1 heterocycles. The number of nitrogens with two attached hydrogens (primary N) is 1. The summed E-state index contributed by atoms with van der Waals surface area (Å²) in [6.07, 6.45) is 1.57. The van der Waals surface area contributed by atoms with Crippen LogP contribution >= 0.6 is 0 Å². The van der Waals surface area contributed by atoms with Gasteiger partial charge in [0.1, 0.15) is 11.9 Å². The highest BCUT2D eigenvalue weighted by Gasteiger charge is 2.14. The number of carbonyl (C=O) groups is 2. The number of primary amides is 1. The van der Waals surface area contributed by atoms with Crippen LogP contribution in [0.3, 0.4) is 0 Å². The number of carbonyl (C=O) groups excluding carboxylic acids is 2. The van der Waals surface area contributed by atoms with Crippen LogP contribution in [0.5, 0.6) is 0 Å². The van der Waals surface area contributed by atoms with E-state index in [1.807, 2.05) is 36.4 Å². The quantitative estimate of drug-likeness (QED) is 0.386. The summed E-state index contributed by atoms with van der Waals surface area (Å²) in [7, 11) is 1.47. The molecule has 0 spiro atoms. The predicted molar refractivity (Wildman–Crippen MR) is 124 cm³/mol. The second-order valence-electron chi connectivity index (χ2n) is 7.06. The first-order valence-electron chi connectivity index (χ1n) is 10.1. The van der Waals surface area contributed by atoms with Crippen LogP contribution in [0.4, 0.5) is 23.1 Å². The van der Waals surface area contributed by atoms with Gasteiger partial charge in [-0.1, -0.05) is 36.4 Å². The summed E-state index contributed by atoms with van der Waals surface area (Å²) >= 11 is 0. The van der Waals surface area contributed by atoms with Crippen molar-refractivity contribution < 1.29 is 14.3 Å². The van der Waals surface area contributed by atoms with Crippen LogP contribution in [0.2, 0.25) is 0 Å². The Morgan fingerprint density at radius 3 is 2.56 bits per heavy atom. The first-order valence-corrected chi connectivity index (χ1v) is 10.1. The summed E-state index contributed by atoms with van der Waals surface area (Å²) in [6, 6.07) is 17.1. The molecule has 3 aromatic rings. The first-order chi connectivity index (χ1) is 15.5. The van der Waals surface area contributed by atoms with Crippen LogP contribution in [0.1, 0.15) is 22.8 Å². The molecule has 9 heteroatoms. The summed E-state index contributed by atoms with van der Waals surface area (Å²) in [5, 5.41) is 9.02. The highest BCUT2D eigenvalue weighted by atomic mass is 16.5. The van der Waals surface area contributed by atoms with Gasteiger partial charge in [-0.15, -0.1) is 0 Å². The van der Waals surface area contributed by atoms with Gasteiger partial charge in [-0.2, -0.15) is 4.98 Å². The number of nitrogens with one attached hydrogen (secondary N) is 3. The maximum atomic E-state index is 12.0. The number of rotatable bonds is 10. The van der Waals surface area contributed by atoms with Crippen molar-refractivity contribution in [3.05, 3.63) is 71.9 Å². The van der Waals surface area contributed by atoms with E-state index in [1.54, 1.807) is 25.1 Å². The molecule has 32 heavy (non-hydrogen) atoms. The van der Waals surface area contributed by atoms with Crippen LogP contribution < -0.4 is 21.7 Å². The highest BCUT2D eigenvalue weighted by molar-refractivity contribution is 5.97. The second kappa shape index (κ2) is 10.9. The SMILES string of the molecule is COC(C)C(=O)Nc1cccc(Nc2ncc(C(N)=O)c(NCCc3ccccc3)n2)c1. The molecular formula is C23H26N6O3. The number of ether oxygens (including phenoxy) is 1. The van der Waals surface area contributed by atoms with E-state index >= 15 is 0 Å². The molecule has 0 saturated carbocycles. The van der Waals surface area contributed by atoms with Gasteiger partial charge in [0.05, 0.1) is 5.56 Å². The van der Waals surface area contributed by atoms with Crippen molar-refractivity contribution in [3.63, 3.8) is 0 Å². The number of anilines is 4. The molecule has 1 unspecified atom stereocenters. The third-order valence-electron chi connectivity index (χ3n) is 4.71. The molecule has 9 nitrogen and oxygen atoms in total. The Labute approximate surface area is 186 Å². The van der Waals surface area contributed by atoms with Crippen molar-refractivity contribution >= 4 is 35.0 Å². The Balaban J connectivity index is 1.71. The molecular weight excluding hydrogens is 408 g/mol. The van der Waals surface area contributed by atoms with Crippen molar-refractivity contribution in [3.8, 4) is 0 Å². The standard InChI is InChI=1S/C23H26N6O3/c1-15(32-2)22(31)27-17-9-6-10-18(13-17)28-23-26-14-19(20(24)30)21(29-23)25-12-11-16-7-4-3-5-8-16/h3-10,13-15H,11-12H2,1-2H3,(H2,24,30)(H,27,31)(H2,25,26,28,29). The molecule has 1 atom stereocenters. The van der Waals surface area contributed by atoms with Crippen molar-refractivity contribution in [2.45, 2.75) is 19.4 Å². The van der Waals surface area contributed by atoms with Gasteiger partial charge in [0.2, 0.25) is 5.95 Å². The molecule has 2 aromatic carbocycles. The van der Waals surface area contributed by atoms with Crippen molar-refractivity contribution in [2.75, 3.05) is 29.6 Å². The monoisotopic (exact) mass is 434 g/mol. The average molecular weight is 435 g/mol. The number of methoxy groups -OCH3 is 1. The van der Waals surface area contributed by atoms with Gasteiger partial charge in [0.15, 0.2) is 0 Å². The van der Waals surface area contributed by atoms with E-state index in [4.69, 9.17) is 10.5 Å². The molecule has 2 amide bonds. The summed E-state index contributed by atoms with van der Waals surface area (Å²) in [6.45, 7) is 2.23. The Kier molecular flexibility index (Phi) is 7.71. The fourth-order valence-corrected chi connectivity index (χ4v) is 2.88. The molecule has 0 aliphatic heterocycles. The topological polar surface area (TPSA) is 131 Å². The minimum atomic E-state index is -0.615. The largest absolute Gasteiger partial charge is 0.372 e. The Morgan fingerprint density at radius 1 is 1.09 bits per heavy atom. The number of aromatic nitrogens is 2. The van der Waals surface area contributed by atoms with Gasteiger partial charge in [-0.05, 0) is 37.1 Å². The lowest BCUT2D eigenvalue weighted by Crippen LogP contribution is -2.26. The zero-order valence-corrected chi connectivity index (χ0v) is 18.0. The predicted octanol–water partition coefficient (Wildman–Crippen LogP) is 2.95. The molecule has 0 aliphatic rings. The minimum Gasteiger partial charge on any atom is -0.372 e. The Morgan fingerprint density at radius 2 is 1.84 bits per heavy atom. The number of amides is 2. The maximum Gasteiger partial charge on any atom is 0.254 e. The van der Waals surface area contributed by atoms with Crippen molar-refractivity contribution in [2.24, 2.45) is 5.73 Å². The van der Waals surface area contributed by atoms with Crippen LogP contribution in [-0.4, -0.2) is 41.5 Å². The summed E-state index contributed by atoms with van der Waals surface area (Å²) in [5.74, 6) is -0.234. The fraction of sp³-hybridized carbons (Fsp3) is 0.217. The summed E-state index contributed by atoms with van der Waals surface area (Å²) in [4.78, 5) is 32.4. The molecule has 0 fully saturated rings. The Bertz CT molecular complexity index is 1070. The molecule has 0 radical (unpaired) electrons. The van der Waals surface area contributed by atoms with E-state index in [2.05, 4.69) is 25.9 Å². The second-order valence-corrected chi connectivity index (χ2v) is 7.06. The van der Waals surface area contributed by atoms with Gasteiger partial charge >= 0.3 is 0 Å². The van der Waals surface area contributed by atoms with Crippen LogP contribution in [0.25, 0.3) is 0 Å². The normalized spacial score (nSPS) is 11.4. The molecule has 0 saturated heterocycles. The number of nitrogens with zero attached hydrogens (tertiary/aromatic N) is 2. The van der Waals surface area contributed by atoms with Gasteiger partial charge in [0.25, 0.3) is 11.8 Å². The maximum absolute atomic E-state index is 12.0. The summed E-state index contributed by atoms with van der Waals surface area (Å²) in [5.41, 5.74) is 8.10. The zero-order valence-electron chi connectivity index (χ0n) is 18.0. The van der Waals surface area contributed by atoms with Crippen LogP contribution in [0, 0.1) is 0 Å². The third-order valence-corrected chi connectivity index (χ3v) is 4.71. The Hall–Kier alpha value is -3.98. The number of benzene rings is 2. The lowest BCUT2D eigenvalue weighted by atomic mass is 10.1. The zero-order chi connectivity index (χ0) is 22.9. The van der Waals surface area contributed by atoms with Gasteiger partial charge in [0, 0.05) is 31.2 Å². The smallest absolute Gasteiger partial charge is 0.254 e. The molecule has 1 aromatic heterocycles. The molecule has 5 N–H and O–H groups in total. The van der Waals surface area contributed by atoms with Gasteiger partial charge < -0.3 is 26.4 Å². The van der Waals surface area contributed by atoms with Gasteiger partial charge in [-0.3, -0.25) is 9.59 Å². The molecule has 3 rings (SSSR count). The number of hydrogen-bond acceptors (Lipinski definition) is 7. The number of hydrogen-bond donors (Lipinski definition) is 4. The average Bonchev–Trinajstić information content (AvgIpc) is 2.79. The van der Waals surface area contributed by atoms with E-state index in [0.29, 0.717) is 23.7 Å². The third kappa shape index (κ3) is 6.26. The van der Waals surface area contributed by atoms with Gasteiger partial charge in [-0.25, -0.2) is 4.98 Å². The summed E-state index contributed by atoms with van der Waals surface area (Å²) < 4.78 is 5.02. The fourth-order valence-electron chi connectivity index (χ4n) is 2.88. The highest BCUT2D eigenvalue weighted by Crippen LogP contribution is 2.20. The van der Waals surface area contributed by atoms with E-state index in [0.717, 1.165) is 12.0 Å². The molecule has 0 bridgehead atoms.